The highest BCUT2D eigenvalue weighted by molar-refractivity contribution is 5.80. The molecule has 0 radical (unpaired) electrons. The number of nitrogens with two attached hydrogens (primary N) is 1. The number of urea groups is 1. The molecule has 136 valence electrons. The molecule has 1 saturated heterocycles. The molecular formula is C19H29N5O. The Morgan fingerprint density at radius 1 is 1.28 bits per heavy atom. The molecule has 2 unspecified atom stereocenters. The number of nitrogens with one attached hydrogen (secondary N) is 2. The number of carbonyl (C=O) groups excluding carboxylic acids is 1. The van der Waals surface area contributed by atoms with Gasteiger partial charge in [-0.3, -0.25) is 4.99 Å². The van der Waals surface area contributed by atoms with Gasteiger partial charge in [0, 0.05) is 32.2 Å². The van der Waals surface area contributed by atoms with E-state index in [9.17, 15) is 4.79 Å². The van der Waals surface area contributed by atoms with Gasteiger partial charge in [-0.1, -0.05) is 30.3 Å². The number of amides is 2. The number of hydrogen-bond acceptors (Lipinski definition) is 2. The summed E-state index contributed by atoms with van der Waals surface area (Å²) in [7, 11) is 0. The van der Waals surface area contributed by atoms with Crippen molar-refractivity contribution >= 4 is 12.0 Å². The van der Waals surface area contributed by atoms with Gasteiger partial charge in [0.25, 0.3) is 0 Å². The smallest absolute Gasteiger partial charge is 0.314 e. The number of nitrogens with zero attached hydrogens (tertiary/aromatic N) is 2. The minimum Gasteiger partial charge on any atom is -0.357 e. The molecular weight excluding hydrogens is 314 g/mol. The lowest BCUT2D eigenvalue weighted by molar-refractivity contribution is 0.188. The van der Waals surface area contributed by atoms with Crippen LogP contribution in [0, 0.1) is 5.92 Å². The van der Waals surface area contributed by atoms with Crippen molar-refractivity contribution in [3.05, 3.63) is 35.9 Å². The third kappa shape index (κ3) is 4.87. The fourth-order valence-corrected chi connectivity index (χ4v) is 3.52. The quantitative estimate of drug-likeness (QED) is 0.564. The van der Waals surface area contributed by atoms with Crippen molar-refractivity contribution in [1.29, 1.82) is 0 Å². The summed E-state index contributed by atoms with van der Waals surface area (Å²) < 4.78 is 0. The number of hydrogen-bond donors (Lipinski definition) is 3. The molecule has 0 spiro atoms. The third-order valence-electron chi connectivity index (χ3n) is 5.13. The second-order valence-corrected chi connectivity index (χ2v) is 6.98. The molecule has 6 nitrogen and oxygen atoms in total. The predicted molar refractivity (Wildman–Crippen MR) is 101 cm³/mol. The fraction of sp³-hybridized carbons (Fsp3) is 0.579. The Labute approximate surface area is 149 Å². The van der Waals surface area contributed by atoms with Crippen LogP contribution in [0.25, 0.3) is 0 Å². The molecule has 0 aromatic heterocycles. The first-order chi connectivity index (χ1) is 12.2. The molecule has 2 amide bonds. The first kappa shape index (κ1) is 17.6. The second-order valence-electron chi connectivity index (χ2n) is 6.98. The first-order valence-corrected chi connectivity index (χ1v) is 9.31. The summed E-state index contributed by atoms with van der Waals surface area (Å²) in [5, 5.41) is 6.85. The standard InChI is InChI=1S/C19H29N5O/c1-2-21-19(23-16-8-10-24(11-9-16)18(20)25)22-13-15-12-17(15)14-6-4-3-5-7-14/h3-7,15-17H,2,8-13H2,1H3,(H2,20,25)(H2,21,22,23). The molecule has 2 atom stereocenters. The van der Waals surface area contributed by atoms with E-state index in [-0.39, 0.29) is 6.03 Å². The summed E-state index contributed by atoms with van der Waals surface area (Å²) in [5.41, 5.74) is 6.77. The van der Waals surface area contributed by atoms with Crippen molar-refractivity contribution < 1.29 is 4.79 Å². The van der Waals surface area contributed by atoms with Crippen LogP contribution in [-0.2, 0) is 0 Å². The zero-order chi connectivity index (χ0) is 17.6. The Morgan fingerprint density at radius 2 is 2.00 bits per heavy atom. The predicted octanol–water partition coefficient (Wildman–Crippen LogP) is 1.89. The van der Waals surface area contributed by atoms with E-state index in [0.29, 0.717) is 31.0 Å². The van der Waals surface area contributed by atoms with Crippen molar-refractivity contribution in [2.75, 3.05) is 26.2 Å². The average Bonchev–Trinajstić information content (AvgIpc) is 3.41. The van der Waals surface area contributed by atoms with Crippen molar-refractivity contribution in [3.8, 4) is 0 Å². The van der Waals surface area contributed by atoms with Gasteiger partial charge in [0.15, 0.2) is 5.96 Å². The molecule has 0 bridgehead atoms. The molecule has 1 heterocycles. The van der Waals surface area contributed by atoms with Gasteiger partial charge < -0.3 is 21.3 Å². The topological polar surface area (TPSA) is 82.8 Å². The van der Waals surface area contributed by atoms with E-state index in [2.05, 4.69) is 47.9 Å². The van der Waals surface area contributed by atoms with Crippen molar-refractivity contribution in [1.82, 2.24) is 15.5 Å². The number of piperidine rings is 1. The maximum Gasteiger partial charge on any atom is 0.314 e. The van der Waals surface area contributed by atoms with Crippen LogP contribution in [0.5, 0.6) is 0 Å². The molecule has 1 saturated carbocycles. The lowest BCUT2D eigenvalue weighted by Gasteiger charge is -2.32. The van der Waals surface area contributed by atoms with E-state index in [0.717, 1.165) is 31.9 Å². The largest absolute Gasteiger partial charge is 0.357 e. The number of likely N-dealkylation sites (tertiary alicyclic amines) is 1. The average molecular weight is 343 g/mol. The number of guanidine groups is 1. The van der Waals surface area contributed by atoms with Gasteiger partial charge in [0.1, 0.15) is 0 Å². The van der Waals surface area contributed by atoms with E-state index in [1.54, 1.807) is 4.90 Å². The van der Waals surface area contributed by atoms with Gasteiger partial charge in [-0.25, -0.2) is 4.79 Å². The molecule has 1 aromatic rings. The van der Waals surface area contributed by atoms with E-state index < -0.39 is 0 Å². The first-order valence-electron chi connectivity index (χ1n) is 9.31. The highest BCUT2D eigenvalue weighted by Gasteiger charge is 2.37. The number of carbonyl (C=O) groups is 1. The zero-order valence-electron chi connectivity index (χ0n) is 14.9. The van der Waals surface area contributed by atoms with Gasteiger partial charge >= 0.3 is 6.03 Å². The molecule has 1 aromatic carbocycles. The summed E-state index contributed by atoms with van der Waals surface area (Å²) in [5.74, 6) is 2.19. The SMILES string of the molecule is CCNC(=NCC1CC1c1ccccc1)NC1CCN(C(N)=O)CC1. The number of aliphatic imine (C=N–C) groups is 1. The molecule has 1 aliphatic heterocycles. The lowest BCUT2D eigenvalue weighted by atomic mass is 10.1. The maximum absolute atomic E-state index is 11.2. The third-order valence-corrected chi connectivity index (χ3v) is 5.13. The molecule has 4 N–H and O–H groups in total. The van der Waals surface area contributed by atoms with E-state index in [1.807, 2.05) is 0 Å². The van der Waals surface area contributed by atoms with Gasteiger partial charge in [-0.15, -0.1) is 0 Å². The Morgan fingerprint density at radius 3 is 2.64 bits per heavy atom. The lowest BCUT2D eigenvalue weighted by Crippen LogP contribution is -2.50. The van der Waals surface area contributed by atoms with Crippen molar-refractivity contribution in [2.24, 2.45) is 16.6 Å². The van der Waals surface area contributed by atoms with Crippen molar-refractivity contribution in [2.45, 2.75) is 38.1 Å². The minimum absolute atomic E-state index is 0.320. The van der Waals surface area contributed by atoms with Gasteiger partial charge in [0.2, 0.25) is 0 Å². The van der Waals surface area contributed by atoms with Crippen LogP contribution in [0.1, 0.15) is 37.7 Å². The highest BCUT2D eigenvalue weighted by atomic mass is 16.2. The number of rotatable bonds is 5. The normalized spacial score (nSPS) is 24.0. The second kappa shape index (κ2) is 8.23. The Bertz CT molecular complexity index is 595. The van der Waals surface area contributed by atoms with E-state index in [1.165, 1.54) is 12.0 Å². The van der Waals surface area contributed by atoms with Crippen molar-refractivity contribution in [3.63, 3.8) is 0 Å². The summed E-state index contributed by atoms with van der Waals surface area (Å²) in [4.78, 5) is 17.7. The minimum atomic E-state index is -0.320. The van der Waals surface area contributed by atoms with Crippen LogP contribution in [0.15, 0.2) is 35.3 Å². The number of benzene rings is 1. The summed E-state index contributed by atoms with van der Waals surface area (Å²) in [6.07, 6.45) is 3.04. The van der Waals surface area contributed by atoms with E-state index in [4.69, 9.17) is 10.7 Å². The van der Waals surface area contributed by atoms with Crippen LogP contribution < -0.4 is 16.4 Å². The van der Waals surface area contributed by atoms with Gasteiger partial charge in [-0.05, 0) is 43.6 Å². The molecule has 2 fully saturated rings. The Kier molecular flexibility index (Phi) is 5.79. The van der Waals surface area contributed by atoms with Gasteiger partial charge in [-0.2, -0.15) is 0 Å². The molecule has 3 rings (SSSR count). The van der Waals surface area contributed by atoms with Crippen LogP contribution in [0.2, 0.25) is 0 Å². The van der Waals surface area contributed by atoms with Crippen LogP contribution in [-0.4, -0.2) is 49.1 Å². The molecule has 25 heavy (non-hydrogen) atoms. The number of primary amides is 1. The monoisotopic (exact) mass is 343 g/mol. The van der Waals surface area contributed by atoms with Crippen LogP contribution in [0.3, 0.4) is 0 Å². The van der Waals surface area contributed by atoms with Gasteiger partial charge in [0.05, 0.1) is 0 Å². The fourth-order valence-electron chi connectivity index (χ4n) is 3.52. The Balaban J connectivity index is 1.48. The maximum atomic E-state index is 11.2. The molecule has 2 aliphatic rings. The Hall–Kier alpha value is -2.24. The van der Waals surface area contributed by atoms with Crippen LogP contribution >= 0.6 is 0 Å². The van der Waals surface area contributed by atoms with Crippen LogP contribution in [0.4, 0.5) is 4.79 Å². The zero-order valence-corrected chi connectivity index (χ0v) is 14.9. The summed E-state index contributed by atoms with van der Waals surface area (Å²) >= 11 is 0. The van der Waals surface area contributed by atoms with E-state index >= 15 is 0 Å². The summed E-state index contributed by atoms with van der Waals surface area (Å²) in [6, 6.07) is 10.7. The molecule has 6 heteroatoms. The molecule has 1 aliphatic carbocycles. The highest BCUT2D eigenvalue weighted by Crippen LogP contribution is 2.47. The summed E-state index contributed by atoms with van der Waals surface area (Å²) in [6.45, 7) is 5.21.